The smallest absolute Gasteiger partial charge is 0.316 e. The van der Waals surface area contributed by atoms with Crippen molar-refractivity contribution in [3.05, 3.63) is 34.6 Å². The lowest BCUT2D eigenvalue weighted by Gasteiger charge is -2.14. The zero-order chi connectivity index (χ0) is 11.9. The van der Waals surface area contributed by atoms with Crippen LogP contribution < -0.4 is 0 Å². The van der Waals surface area contributed by atoms with Crippen LogP contribution in [0, 0.1) is 11.7 Å². The summed E-state index contributed by atoms with van der Waals surface area (Å²) in [5.74, 6) is -0.539. The topological polar surface area (TPSA) is 26.3 Å². The van der Waals surface area contributed by atoms with E-state index in [0.29, 0.717) is 0 Å². The summed E-state index contributed by atoms with van der Waals surface area (Å²) >= 11 is 5.72. The Morgan fingerprint density at radius 3 is 2.69 bits per heavy atom. The molecule has 0 aliphatic heterocycles. The molecular formula is C12H12ClFO2. The van der Waals surface area contributed by atoms with Crippen LogP contribution >= 0.6 is 11.6 Å². The van der Waals surface area contributed by atoms with Gasteiger partial charge in [0.2, 0.25) is 0 Å². The second-order valence-corrected chi connectivity index (χ2v) is 4.60. The standard InChI is InChI=1S/C12H12ClFO2/c1-7-6-12(7,11(15)16-2)8-3-4-10(14)9(13)5-8/h3-5,7H,6H2,1-2H3. The van der Waals surface area contributed by atoms with E-state index in [-0.39, 0.29) is 16.9 Å². The summed E-state index contributed by atoms with van der Waals surface area (Å²) in [6.07, 6.45) is 0.724. The van der Waals surface area contributed by atoms with Gasteiger partial charge in [0.25, 0.3) is 0 Å². The van der Waals surface area contributed by atoms with E-state index in [4.69, 9.17) is 16.3 Å². The molecule has 86 valence electrons. The summed E-state index contributed by atoms with van der Waals surface area (Å²) in [4.78, 5) is 11.7. The fourth-order valence-electron chi connectivity index (χ4n) is 2.18. The Hall–Kier alpha value is -1.09. The molecule has 2 nitrogen and oxygen atoms in total. The van der Waals surface area contributed by atoms with Crippen LogP contribution in [0.3, 0.4) is 0 Å². The fourth-order valence-corrected chi connectivity index (χ4v) is 2.37. The van der Waals surface area contributed by atoms with E-state index in [1.165, 1.54) is 19.2 Å². The number of carbonyl (C=O) groups is 1. The lowest BCUT2D eigenvalue weighted by atomic mass is 9.93. The van der Waals surface area contributed by atoms with Gasteiger partial charge < -0.3 is 4.74 Å². The molecule has 0 heterocycles. The SMILES string of the molecule is COC(=O)C1(c2ccc(F)c(Cl)c2)CC1C. The number of methoxy groups -OCH3 is 1. The first-order chi connectivity index (χ1) is 7.52. The van der Waals surface area contributed by atoms with Crippen molar-refractivity contribution in [3.63, 3.8) is 0 Å². The lowest BCUT2D eigenvalue weighted by Crippen LogP contribution is -2.24. The summed E-state index contributed by atoms with van der Waals surface area (Å²) in [6, 6.07) is 4.40. The quantitative estimate of drug-likeness (QED) is 0.746. The summed E-state index contributed by atoms with van der Waals surface area (Å²) in [6.45, 7) is 1.97. The highest BCUT2D eigenvalue weighted by Gasteiger charge is 2.59. The van der Waals surface area contributed by atoms with Gasteiger partial charge >= 0.3 is 5.97 Å². The molecule has 4 heteroatoms. The molecule has 0 spiro atoms. The maximum atomic E-state index is 13.0. The van der Waals surface area contributed by atoms with Crippen LogP contribution in [0.4, 0.5) is 4.39 Å². The monoisotopic (exact) mass is 242 g/mol. The molecule has 0 radical (unpaired) electrons. The van der Waals surface area contributed by atoms with Gasteiger partial charge in [0, 0.05) is 0 Å². The Kier molecular flexibility index (Phi) is 2.66. The van der Waals surface area contributed by atoms with Crippen LogP contribution in [0.15, 0.2) is 18.2 Å². The minimum Gasteiger partial charge on any atom is -0.468 e. The van der Waals surface area contributed by atoms with Crippen molar-refractivity contribution in [3.8, 4) is 0 Å². The maximum Gasteiger partial charge on any atom is 0.316 e. The molecule has 1 aliphatic rings. The van der Waals surface area contributed by atoms with Gasteiger partial charge in [-0.1, -0.05) is 24.6 Å². The number of carbonyl (C=O) groups excluding carboxylic acids is 1. The number of ether oxygens (including phenoxy) is 1. The summed E-state index contributed by atoms with van der Waals surface area (Å²) in [5.41, 5.74) is 0.116. The van der Waals surface area contributed by atoms with Gasteiger partial charge in [-0.05, 0) is 30.0 Å². The molecule has 16 heavy (non-hydrogen) atoms. The summed E-state index contributed by atoms with van der Waals surface area (Å²) in [7, 11) is 1.36. The Balaban J connectivity index is 2.43. The van der Waals surface area contributed by atoms with Crippen LogP contribution in [0.2, 0.25) is 5.02 Å². The number of rotatable bonds is 2. The van der Waals surface area contributed by atoms with Gasteiger partial charge in [-0.25, -0.2) is 4.39 Å². The highest BCUT2D eigenvalue weighted by atomic mass is 35.5. The highest BCUT2D eigenvalue weighted by molar-refractivity contribution is 6.30. The van der Waals surface area contributed by atoms with Crippen molar-refractivity contribution in [2.75, 3.05) is 7.11 Å². The zero-order valence-electron chi connectivity index (χ0n) is 9.09. The Bertz CT molecular complexity index is 447. The third kappa shape index (κ3) is 1.50. The molecule has 0 saturated heterocycles. The second kappa shape index (κ2) is 3.74. The van der Waals surface area contributed by atoms with Crippen molar-refractivity contribution < 1.29 is 13.9 Å². The molecule has 0 aromatic heterocycles. The van der Waals surface area contributed by atoms with E-state index in [9.17, 15) is 9.18 Å². The molecule has 0 bridgehead atoms. The predicted molar refractivity (Wildman–Crippen MR) is 58.9 cm³/mol. The van der Waals surface area contributed by atoms with Gasteiger partial charge in [-0.15, -0.1) is 0 Å². The number of hydrogen-bond acceptors (Lipinski definition) is 2. The van der Waals surface area contributed by atoms with Crippen LogP contribution in [0.1, 0.15) is 18.9 Å². The number of esters is 1. The summed E-state index contributed by atoms with van der Waals surface area (Å²) < 4.78 is 17.8. The van der Waals surface area contributed by atoms with Crippen molar-refractivity contribution >= 4 is 17.6 Å². The first kappa shape index (κ1) is 11.4. The molecule has 2 unspecified atom stereocenters. The molecule has 0 N–H and O–H groups in total. The van der Waals surface area contributed by atoms with Crippen LogP contribution in [0.5, 0.6) is 0 Å². The van der Waals surface area contributed by atoms with E-state index in [2.05, 4.69) is 0 Å². The van der Waals surface area contributed by atoms with Gasteiger partial charge in [-0.3, -0.25) is 4.79 Å². The predicted octanol–water partition coefficient (Wildman–Crippen LogP) is 2.93. The lowest BCUT2D eigenvalue weighted by molar-refractivity contribution is -0.144. The normalized spacial score (nSPS) is 27.6. The fraction of sp³-hybridized carbons (Fsp3) is 0.417. The molecule has 2 rings (SSSR count). The second-order valence-electron chi connectivity index (χ2n) is 4.20. The van der Waals surface area contributed by atoms with Crippen molar-refractivity contribution in [1.29, 1.82) is 0 Å². The first-order valence-corrected chi connectivity index (χ1v) is 5.44. The molecule has 1 aromatic carbocycles. The van der Waals surface area contributed by atoms with Gasteiger partial charge in [0.15, 0.2) is 0 Å². The zero-order valence-corrected chi connectivity index (χ0v) is 9.84. The van der Waals surface area contributed by atoms with Crippen molar-refractivity contribution in [2.24, 2.45) is 5.92 Å². The van der Waals surface area contributed by atoms with E-state index in [0.717, 1.165) is 12.0 Å². The van der Waals surface area contributed by atoms with E-state index in [1.54, 1.807) is 6.07 Å². The van der Waals surface area contributed by atoms with Crippen molar-refractivity contribution in [1.82, 2.24) is 0 Å². The van der Waals surface area contributed by atoms with E-state index >= 15 is 0 Å². The summed E-state index contributed by atoms with van der Waals surface area (Å²) in [5, 5.41) is 0.0416. The van der Waals surface area contributed by atoms with Crippen LogP contribution in [-0.4, -0.2) is 13.1 Å². The third-order valence-electron chi connectivity index (χ3n) is 3.29. The highest BCUT2D eigenvalue weighted by Crippen LogP contribution is 2.55. The van der Waals surface area contributed by atoms with Gasteiger partial charge in [0.1, 0.15) is 5.82 Å². The third-order valence-corrected chi connectivity index (χ3v) is 3.58. The minimum absolute atomic E-state index is 0.0416. The molecule has 0 amide bonds. The minimum atomic E-state index is -0.619. The Morgan fingerprint density at radius 1 is 1.62 bits per heavy atom. The van der Waals surface area contributed by atoms with Gasteiger partial charge in [0.05, 0.1) is 17.5 Å². The first-order valence-electron chi connectivity index (χ1n) is 5.06. The largest absolute Gasteiger partial charge is 0.468 e. The average molecular weight is 243 g/mol. The molecule has 1 fully saturated rings. The van der Waals surface area contributed by atoms with E-state index in [1.807, 2.05) is 6.92 Å². The van der Waals surface area contributed by atoms with Gasteiger partial charge in [-0.2, -0.15) is 0 Å². The van der Waals surface area contributed by atoms with Crippen molar-refractivity contribution in [2.45, 2.75) is 18.8 Å². The molecular weight excluding hydrogens is 231 g/mol. The molecule has 1 aliphatic carbocycles. The molecule has 2 atom stereocenters. The molecule has 1 aromatic rings. The number of hydrogen-bond donors (Lipinski definition) is 0. The number of halogens is 2. The average Bonchev–Trinajstić information content (AvgIpc) is 2.94. The van der Waals surface area contributed by atoms with E-state index < -0.39 is 11.2 Å². The van der Waals surface area contributed by atoms with Crippen LogP contribution in [-0.2, 0) is 14.9 Å². The van der Waals surface area contributed by atoms with Crippen LogP contribution in [0.25, 0.3) is 0 Å². The number of benzene rings is 1. The Labute approximate surface area is 98.4 Å². The molecule has 1 saturated carbocycles. The maximum absolute atomic E-state index is 13.0. The Morgan fingerprint density at radius 2 is 2.25 bits per heavy atom.